The SMILES string of the molecule is COC[C@H]1CCCN1C[C@@H]1C(=O)O[C@@H]2CC3=CCC[C@@H](C)[C@@]3(C)[C@@H](O)[C@H]12. The van der Waals surface area contributed by atoms with Gasteiger partial charge in [0, 0.05) is 37.5 Å². The van der Waals surface area contributed by atoms with E-state index >= 15 is 0 Å². The summed E-state index contributed by atoms with van der Waals surface area (Å²) in [5.74, 6) is 0.00870. The number of rotatable bonds is 4. The number of carbonyl (C=O) groups is 1. The molecule has 1 saturated carbocycles. The van der Waals surface area contributed by atoms with Crippen molar-refractivity contribution in [2.24, 2.45) is 23.2 Å². The molecular formula is C21H33NO4. The quantitative estimate of drug-likeness (QED) is 0.614. The lowest BCUT2D eigenvalue weighted by atomic mass is 9.55. The minimum atomic E-state index is -0.511. The van der Waals surface area contributed by atoms with Gasteiger partial charge >= 0.3 is 5.97 Å². The third-order valence-electron chi connectivity index (χ3n) is 7.86. The van der Waals surface area contributed by atoms with Gasteiger partial charge in [0.1, 0.15) is 6.10 Å². The molecule has 2 aliphatic carbocycles. The van der Waals surface area contributed by atoms with E-state index in [0.717, 1.165) is 38.6 Å². The van der Waals surface area contributed by atoms with Gasteiger partial charge in [-0.1, -0.05) is 25.5 Å². The van der Waals surface area contributed by atoms with E-state index in [-0.39, 0.29) is 29.3 Å². The predicted molar refractivity (Wildman–Crippen MR) is 98.5 cm³/mol. The van der Waals surface area contributed by atoms with Gasteiger partial charge in [-0.3, -0.25) is 9.69 Å². The first-order valence-corrected chi connectivity index (χ1v) is 10.3. The fourth-order valence-corrected chi connectivity index (χ4v) is 6.04. The molecule has 0 aromatic carbocycles. The molecule has 1 N–H and O–H groups in total. The molecule has 2 aliphatic heterocycles. The smallest absolute Gasteiger partial charge is 0.311 e. The lowest BCUT2D eigenvalue weighted by molar-refractivity contribution is -0.145. The van der Waals surface area contributed by atoms with Crippen LogP contribution < -0.4 is 0 Å². The van der Waals surface area contributed by atoms with Crippen molar-refractivity contribution in [1.29, 1.82) is 0 Å². The van der Waals surface area contributed by atoms with Crippen LogP contribution in [0, 0.1) is 23.2 Å². The van der Waals surface area contributed by atoms with Crippen molar-refractivity contribution in [3.63, 3.8) is 0 Å². The van der Waals surface area contributed by atoms with Crippen molar-refractivity contribution in [2.75, 3.05) is 26.8 Å². The Kier molecular flexibility index (Phi) is 4.91. The minimum absolute atomic E-state index is 0.0889. The van der Waals surface area contributed by atoms with Crippen molar-refractivity contribution in [3.05, 3.63) is 11.6 Å². The van der Waals surface area contributed by atoms with Crippen LogP contribution in [0.3, 0.4) is 0 Å². The molecule has 0 unspecified atom stereocenters. The van der Waals surface area contributed by atoms with Crippen molar-refractivity contribution in [2.45, 2.75) is 64.2 Å². The van der Waals surface area contributed by atoms with Gasteiger partial charge in [-0.2, -0.15) is 0 Å². The standard InChI is InChI=1S/C21H33NO4/c1-13-6-4-7-14-10-17-18(19(23)21(13,14)2)16(20(24)26-17)11-22-9-5-8-15(22)12-25-3/h7,13,15-19,23H,4-6,8-12H2,1-3H3/t13-,15-,16+,17-,18-,19+,21-/m1/s1. The van der Waals surface area contributed by atoms with Crippen LogP contribution in [0.5, 0.6) is 0 Å². The summed E-state index contributed by atoms with van der Waals surface area (Å²) in [5, 5.41) is 11.4. The van der Waals surface area contributed by atoms with Crippen LogP contribution in [0.25, 0.3) is 0 Å². The van der Waals surface area contributed by atoms with Crippen LogP contribution in [0.15, 0.2) is 11.6 Å². The molecule has 0 aromatic rings. The fraction of sp³-hybridized carbons (Fsp3) is 0.857. The molecule has 5 heteroatoms. The molecule has 0 aromatic heterocycles. The molecule has 4 rings (SSSR count). The highest BCUT2D eigenvalue weighted by Gasteiger charge is 2.60. The summed E-state index contributed by atoms with van der Waals surface area (Å²) in [5.41, 5.74) is 1.08. The number of methoxy groups -OCH3 is 1. The fourth-order valence-electron chi connectivity index (χ4n) is 6.04. The molecule has 5 nitrogen and oxygen atoms in total. The summed E-state index contributed by atoms with van der Waals surface area (Å²) >= 11 is 0. The van der Waals surface area contributed by atoms with Crippen LogP contribution >= 0.6 is 0 Å². The van der Waals surface area contributed by atoms with Gasteiger partial charge in [0.05, 0.1) is 18.6 Å². The van der Waals surface area contributed by atoms with E-state index < -0.39 is 6.10 Å². The molecule has 0 bridgehead atoms. The number of allylic oxidation sites excluding steroid dienone is 1. The maximum atomic E-state index is 12.7. The first-order valence-electron chi connectivity index (χ1n) is 10.3. The Morgan fingerprint density at radius 2 is 2.23 bits per heavy atom. The summed E-state index contributed by atoms with van der Waals surface area (Å²) in [6.45, 7) is 6.85. The number of aliphatic hydroxyl groups is 1. The van der Waals surface area contributed by atoms with Crippen LogP contribution in [0.2, 0.25) is 0 Å². The molecule has 0 radical (unpaired) electrons. The summed E-state index contributed by atoms with van der Waals surface area (Å²) in [6.07, 6.45) is 6.86. The van der Waals surface area contributed by atoms with Gasteiger partial charge in [-0.05, 0) is 38.1 Å². The van der Waals surface area contributed by atoms with Gasteiger partial charge in [0.25, 0.3) is 0 Å². The van der Waals surface area contributed by atoms with Gasteiger partial charge in [0.2, 0.25) is 0 Å². The molecule has 0 spiro atoms. The number of esters is 1. The van der Waals surface area contributed by atoms with E-state index in [1.807, 2.05) is 0 Å². The number of hydrogen-bond acceptors (Lipinski definition) is 5. The second-order valence-corrected chi connectivity index (χ2v) is 9.04. The average molecular weight is 363 g/mol. The summed E-state index contributed by atoms with van der Waals surface area (Å²) in [7, 11) is 1.74. The highest BCUT2D eigenvalue weighted by molar-refractivity contribution is 5.76. The molecule has 3 fully saturated rings. The predicted octanol–water partition coefficient (Wildman–Crippen LogP) is 2.38. The maximum Gasteiger partial charge on any atom is 0.311 e. The zero-order valence-electron chi connectivity index (χ0n) is 16.3. The van der Waals surface area contributed by atoms with Crippen molar-refractivity contribution in [1.82, 2.24) is 4.90 Å². The second-order valence-electron chi connectivity index (χ2n) is 9.04. The van der Waals surface area contributed by atoms with E-state index in [1.165, 1.54) is 5.57 Å². The highest BCUT2D eigenvalue weighted by atomic mass is 16.6. The monoisotopic (exact) mass is 363 g/mol. The molecule has 4 aliphatic rings. The number of hydrogen-bond donors (Lipinski definition) is 1. The highest BCUT2D eigenvalue weighted by Crippen LogP contribution is 2.56. The molecule has 2 heterocycles. The molecule has 2 saturated heterocycles. The number of fused-ring (bicyclic) bond motifs is 2. The molecule has 146 valence electrons. The number of carbonyl (C=O) groups excluding carboxylic acids is 1. The normalized spacial score (nSPS) is 45.8. The first kappa shape index (κ1) is 18.5. The van der Waals surface area contributed by atoms with Gasteiger partial charge in [-0.25, -0.2) is 0 Å². The zero-order chi connectivity index (χ0) is 18.5. The lowest BCUT2D eigenvalue weighted by Crippen LogP contribution is -2.55. The summed E-state index contributed by atoms with van der Waals surface area (Å²) < 4.78 is 11.1. The van der Waals surface area contributed by atoms with Crippen molar-refractivity contribution >= 4 is 5.97 Å². The Morgan fingerprint density at radius 1 is 1.42 bits per heavy atom. The second kappa shape index (κ2) is 6.92. The Hall–Kier alpha value is -0.910. The van der Waals surface area contributed by atoms with Crippen LogP contribution in [-0.2, 0) is 14.3 Å². The van der Waals surface area contributed by atoms with E-state index in [9.17, 15) is 9.90 Å². The van der Waals surface area contributed by atoms with Crippen molar-refractivity contribution < 1.29 is 19.4 Å². The van der Waals surface area contributed by atoms with E-state index in [2.05, 4.69) is 24.8 Å². The molecule has 0 amide bonds. The maximum absolute atomic E-state index is 12.7. The van der Waals surface area contributed by atoms with Crippen LogP contribution in [-0.4, -0.2) is 61.0 Å². The van der Waals surface area contributed by atoms with E-state index in [0.29, 0.717) is 25.1 Å². The summed E-state index contributed by atoms with van der Waals surface area (Å²) in [6, 6.07) is 0.382. The molecular weight excluding hydrogens is 330 g/mol. The topological polar surface area (TPSA) is 59.0 Å². The molecule has 7 atom stereocenters. The van der Waals surface area contributed by atoms with Gasteiger partial charge in [-0.15, -0.1) is 0 Å². The number of likely N-dealkylation sites (tertiary alicyclic amines) is 1. The summed E-state index contributed by atoms with van der Waals surface area (Å²) in [4.78, 5) is 15.1. The first-order chi connectivity index (χ1) is 12.5. The molecule has 26 heavy (non-hydrogen) atoms. The third kappa shape index (κ3) is 2.74. The Labute approximate surface area is 156 Å². The van der Waals surface area contributed by atoms with Gasteiger partial charge in [0.15, 0.2) is 0 Å². The number of nitrogens with zero attached hydrogens (tertiary/aromatic N) is 1. The van der Waals surface area contributed by atoms with E-state index in [4.69, 9.17) is 9.47 Å². The average Bonchev–Trinajstić information content (AvgIpc) is 3.16. The van der Waals surface area contributed by atoms with Crippen LogP contribution in [0.4, 0.5) is 0 Å². The number of aliphatic hydroxyl groups excluding tert-OH is 1. The largest absolute Gasteiger partial charge is 0.461 e. The zero-order valence-corrected chi connectivity index (χ0v) is 16.3. The Balaban J connectivity index is 1.57. The van der Waals surface area contributed by atoms with E-state index in [1.54, 1.807) is 7.11 Å². The Bertz CT molecular complexity index is 591. The lowest BCUT2D eigenvalue weighted by Gasteiger charge is -2.52. The number of ether oxygens (including phenoxy) is 2. The van der Waals surface area contributed by atoms with Crippen molar-refractivity contribution in [3.8, 4) is 0 Å². The Morgan fingerprint density at radius 3 is 3.00 bits per heavy atom. The third-order valence-corrected chi connectivity index (χ3v) is 7.86. The minimum Gasteiger partial charge on any atom is -0.461 e. The van der Waals surface area contributed by atoms with Crippen LogP contribution in [0.1, 0.15) is 46.0 Å². The van der Waals surface area contributed by atoms with Gasteiger partial charge < -0.3 is 14.6 Å².